The molecule has 0 amide bonds. The van der Waals surface area contributed by atoms with Crippen molar-refractivity contribution in [1.29, 1.82) is 0 Å². The van der Waals surface area contributed by atoms with Gasteiger partial charge in [0.2, 0.25) is 10.0 Å². The van der Waals surface area contributed by atoms with Crippen molar-refractivity contribution >= 4 is 26.0 Å². The number of nitrogens with one attached hydrogen (secondary N) is 1. The van der Waals surface area contributed by atoms with E-state index < -0.39 is 14.8 Å². The maximum atomic E-state index is 12.0. The predicted molar refractivity (Wildman–Crippen MR) is 66.8 cm³/mol. The number of alkyl halides is 1. The van der Waals surface area contributed by atoms with Gasteiger partial charge in [-0.1, -0.05) is 28.8 Å². The van der Waals surface area contributed by atoms with E-state index in [1.54, 1.807) is 20.8 Å². The van der Waals surface area contributed by atoms with Gasteiger partial charge in [0, 0.05) is 10.9 Å². The Bertz CT molecular complexity index is 313. The molecule has 0 saturated heterocycles. The van der Waals surface area contributed by atoms with Gasteiger partial charge in [-0.2, -0.15) is 0 Å². The zero-order chi connectivity index (χ0) is 11.7. The second-order valence-electron chi connectivity index (χ2n) is 5.34. The Morgan fingerprint density at radius 3 is 2.07 bits per heavy atom. The monoisotopic (exact) mass is 297 g/mol. The van der Waals surface area contributed by atoms with Crippen molar-refractivity contribution in [3.8, 4) is 0 Å². The van der Waals surface area contributed by atoms with Crippen molar-refractivity contribution < 1.29 is 8.42 Å². The molecule has 15 heavy (non-hydrogen) atoms. The maximum Gasteiger partial charge on any atom is 0.217 e. The van der Waals surface area contributed by atoms with E-state index in [0.29, 0.717) is 5.33 Å². The lowest BCUT2D eigenvalue weighted by Gasteiger charge is -2.32. The Kier molecular flexibility index (Phi) is 3.89. The molecule has 0 unspecified atom stereocenters. The van der Waals surface area contributed by atoms with Crippen LogP contribution in [0.1, 0.15) is 46.5 Å². The summed E-state index contributed by atoms with van der Waals surface area (Å²) in [5, 5.41) is 0.704. The summed E-state index contributed by atoms with van der Waals surface area (Å²) in [5.41, 5.74) is -0.244. The summed E-state index contributed by atoms with van der Waals surface area (Å²) < 4.78 is 26.2. The van der Waals surface area contributed by atoms with Crippen LogP contribution in [0.2, 0.25) is 0 Å². The molecular weight excluding hydrogens is 278 g/mol. The topological polar surface area (TPSA) is 46.2 Å². The van der Waals surface area contributed by atoms with E-state index in [2.05, 4.69) is 20.7 Å². The molecule has 0 aromatic heterocycles. The highest BCUT2D eigenvalue weighted by atomic mass is 79.9. The molecule has 0 aromatic carbocycles. The van der Waals surface area contributed by atoms with Crippen LogP contribution in [-0.4, -0.2) is 24.0 Å². The first kappa shape index (κ1) is 13.5. The fourth-order valence-electron chi connectivity index (χ4n) is 1.75. The second kappa shape index (κ2) is 4.34. The maximum absolute atomic E-state index is 12.0. The Morgan fingerprint density at radius 1 is 1.27 bits per heavy atom. The smallest absolute Gasteiger partial charge is 0.212 e. The molecule has 1 aliphatic carbocycles. The number of rotatable bonds is 3. The number of hydrogen-bond acceptors (Lipinski definition) is 2. The standard InChI is InChI=1S/C10H20BrNO2S/c1-9(2,3)15(13,14)12-10(8-11)6-4-5-7-10/h12H,4-8H2,1-3H3. The van der Waals surface area contributed by atoms with Gasteiger partial charge in [0.05, 0.1) is 4.75 Å². The van der Waals surface area contributed by atoms with Gasteiger partial charge in [-0.3, -0.25) is 0 Å². The van der Waals surface area contributed by atoms with Crippen LogP contribution in [0.4, 0.5) is 0 Å². The lowest BCUT2D eigenvalue weighted by molar-refractivity contribution is 0.428. The first-order valence-corrected chi connectivity index (χ1v) is 7.92. The molecule has 1 saturated carbocycles. The van der Waals surface area contributed by atoms with Crippen LogP contribution in [0.15, 0.2) is 0 Å². The van der Waals surface area contributed by atoms with Crippen LogP contribution in [0.5, 0.6) is 0 Å². The van der Waals surface area contributed by atoms with Gasteiger partial charge in [-0.15, -0.1) is 0 Å². The molecule has 0 aliphatic heterocycles. The summed E-state index contributed by atoms with van der Waals surface area (Å²) >= 11 is 3.43. The third-order valence-corrected chi connectivity index (χ3v) is 6.36. The van der Waals surface area contributed by atoms with Crippen LogP contribution in [0.3, 0.4) is 0 Å². The van der Waals surface area contributed by atoms with Crippen LogP contribution < -0.4 is 4.72 Å². The van der Waals surface area contributed by atoms with E-state index in [0.717, 1.165) is 25.7 Å². The van der Waals surface area contributed by atoms with Gasteiger partial charge in [0.1, 0.15) is 0 Å². The average molecular weight is 298 g/mol. The van der Waals surface area contributed by atoms with E-state index in [1.807, 2.05) is 0 Å². The van der Waals surface area contributed by atoms with E-state index in [1.165, 1.54) is 0 Å². The predicted octanol–water partition coefficient (Wildman–Crippen LogP) is 2.41. The SMILES string of the molecule is CC(C)(C)S(=O)(=O)NC1(CBr)CCCC1. The van der Waals surface area contributed by atoms with Crippen molar-refractivity contribution in [1.82, 2.24) is 4.72 Å². The molecule has 0 radical (unpaired) electrons. The zero-order valence-electron chi connectivity index (χ0n) is 9.64. The molecule has 1 rings (SSSR count). The first-order chi connectivity index (χ1) is 6.72. The molecule has 0 atom stereocenters. The minimum Gasteiger partial charge on any atom is -0.212 e. The van der Waals surface area contributed by atoms with Gasteiger partial charge >= 0.3 is 0 Å². The quantitative estimate of drug-likeness (QED) is 0.813. The summed E-state index contributed by atoms with van der Waals surface area (Å²) in [6.07, 6.45) is 4.09. The molecule has 1 aliphatic rings. The first-order valence-electron chi connectivity index (χ1n) is 5.32. The molecule has 0 heterocycles. The Hall–Kier alpha value is 0.390. The molecule has 3 nitrogen and oxygen atoms in total. The highest BCUT2D eigenvalue weighted by molar-refractivity contribution is 9.09. The van der Waals surface area contributed by atoms with Crippen LogP contribution in [0.25, 0.3) is 0 Å². The number of hydrogen-bond donors (Lipinski definition) is 1. The zero-order valence-corrected chi connectivity index (χ0v) is 12.0. The van der Waals surface area contributed by atoms with Gasteiger partial charge < -0.3 is 0 Å². The molecule has 0 spiro atoms. The average Bonchev–Trinajstić information content (AvgIpc) is 2.51. The minimum absolute atomic E-state index is 0.244. The minimum atomic E-state index is -3.23. The van der Waals surface area contributed by atoms with Crippen molar-refractivity contribution in [2.75, 3.05) is 5.33 Å². The summed E-state index contributed by atoms with van der Waals surface area (Å²) in [6, 6.07) is 0. The fourth-order valence-corrected chi connectivity index (χ4v) is 3.79. The molecular formula is C10H20BrNO2S. The highest BCUT2D eigenvalue weighted by Gasteiger charge is 2.40. The van der Waals surface area contributed by atoms with Gasteiger partial charge in [-0.05, 0) is 33.6 Å². The third-order valence-electron chi connectivity index (χ3n) is 2.97. The summed E-state index contributed by atoms with van der Waals surface area (Å²) in [7, 11) is -3.23. The van der Waals surface area contributed by atoms with E-state index in [9.17, 15) is 8.42 Å². The number of sulfonamides is 1. The molecule has 90 valence electrons. The largest absolute Gasteiger partial charge is 0.217 e. The summed E-state index contributed by atoms with van der Waals surface area (Å²) in [5.74, 6) is 0. The molecule has 1 fully saturated rings. The Balaban J connectivity index is 2.84. The normalized spacial score (nSPS) is 21.9. The van der Waals surface area contributed by atoms with Crippen molar-refractivity contribution in [3.63, 3.8) is 0 Å². The van der Waals surface area contributed by atoms with E-state index >= 15 is 0 Å². The molecule has 0 aromatic rings. The van der Waals surface area contributed by atoms with Crippen LogP contribution in [-0.2, 0) is 10.0 Å². The second-order valence-corrected chi connectivity index (χ2v) is 8.34. The van der Waals surface area contributed by atoms with Crippen molar-refractivity contribution in [2.45, 2.75) is 56.7 Å². The van der Waals surface area contributed by atoms with Gasteiger partial charge in [0.15, 0.2) is 0 Å². The van der Waals surface area contributed by atoms with Crippen molar-refractivity contribution in [2.24, 2.45) is 0 Å². The third kappa shape index (κ3) is 2.94. The lowest BCUT2D eigenvalue weighted by atomic mass is 10.0. The van der Waals surface area contributed by atoms with Crippen LogP contribution in [0, 0.1) is 0 Å². The van der Waals surface area contributed by atoms with Gasteiger partial charge in [-0.25, -0.2) is 13.1 Å². The Morgan fingerprint density at radius 2 is 1.73 bits per heavy atom. The van der Waals surface area contributed by atoms with Gasteiger partial charge in [0.25, 0.3) is 0 Å². The fraction of sp³-hybridized carbons (Fsp3) is 1.00. The molecule has 5 heteroatoms. The molecule has 0 bridgehead atoms. The highest BCUT2D eigenvalue weighted by Crippen LogP contribution is 2.33. The lowest BCUT2D eigenvalue weighted by Crippen LogP contribution is -2.53. The van der Waals surface area contributed by atoms with E-state index in [4.69, 9.17) is 0 Å². The van der Waals surface area contributed by atoms with Crippen molar-refractivity contribution in [3.05, 3.63) is 0 Å². The van der Waals surface area contributed by atoms with E-state index in [-0.39, 0.29) is 5.54 Å². The number of halogens is 1. The molecule has 1 N–H and O–H groups in total. The summed E-state index contributed by atoms with van der Waals surface area (Å²) in [6.45, 7) is 5.19. The van der Waals surface area contributed by atoms with Crippen LogP contribution >= 0.6 is 15.9 Å². The Labute approximate surface area is 101 Å². The summed E-state index contributed by atoms with van der Waals surface area (Å²) in [4.78, 5) is 0.